The molecule has 0 fully saturated rings. The van der Waals surface area contributed by atoms with Crippen molar-refractivity contribution in [2.45, 2.75) is 129 Å². The van der Waals surface area contributed by atoms with Gasteiger partial charge in [-0.2, -0.15) is 0 Å². The molecule has 0 aromatic heterocycles. The highest BCUT2D eigenvalue weighted by Crippen LogP contribution is 2.16. The van der Waals surface area contributed by atoms with Crippen LogP contribution in [0, 0.1) is 0 Å². The molecular weight excluding hydrogens is 358 g/mol. The summed E-state index contributed by atoms with van der Waals surface area (Å²) in [5.41, 5.74) is 0. The van der Waals surface area contributed by atoms with Crippen molar-refractivity contribution in [1.82, 2.24) is 4.90 Å². The second kappa shape index (κ2) is 23.6. The van der Waals surface area contributed by atoms with Crippen LogP contribution in [-0.2, 0) is 0 Å². The van der Waals surface area contributed by atoms with Crippen molar-refractivity contribution in [3.05, 3.63) is 0 Å². The van der Waals surface area contributed by atoms with Gasteiger partial charge in [0.25, 0.3) is 0 Å². The molecule has 0 spiro atoms. The second-order valence-electron chi connectivity index (χ2n) is 7.82. The Labute approximate surface area is 177 Å². The zero-order valence-electron chi connectivity index (χ0n) is 18.6. The van der Waals surface area contributed by atoms with Gasteiger partial charge in [-0.25, -0.2) is 0 Å². The lowest BCUT2D eigenvalue weighted by molar-refractivity contribution is 0.254. The molecule has 0 aromatic carbocycles. The van der Waals surface area contributed by atoms with Crippen molar-refractivity contribution in [3.63, 3.8) is 0 Å². The van der Waals surface area contributed by atoms with E-state index in [1.807, 2.05) is 11.8 Å². The highest BCUT2D eigenvalue weighted by Gasteiger charge is 2.11. The summed E-state index contributed by atoms with van der Waals surface area (Å²) < 4.78 is 0. The minimum Gasteiger partial charge on any atom is -0.292 e. The molecule has 1 nitrogen and oxygen atoms in total. The zero-order chi connectivity index (χ0) is 18.6. The first-order valence-electron chi connectivity index (χ1n) is 11.5. The lowest BCUT2D eigenvalue weighted by Gasteiger charge is -2.28. The van der Waals surface area contributed by atoms with Gasteiger partial charge in [0.15, 0.2) is 0 Å². The molecule has 0 aliphatic heterocycles. The average Bonchev–Trinajstić information content (AvgIpc) is 2.63. The topological polar surface area (TPSA) is 3.24 Å². The Kier molecular flexibility index (Phi) is 26.2. The van der Waals surface area contributed by atoms with Crippen LogP contribution in [0.1, 0.15) is 124 Å². The van der Waals surface area contributed by atoms with Gasteiger partial charge in [0.1, 0.15) is 0 Å². The molecule has 0 rings (SSSR count). The molecule has 0 heterocycles. The summed E-state index contributed by atoms with van der Waals surface area (Å²) >= 11 is 2.01. The van der Waals surface area contributed by atoms with Gasteiger partial charge in [-0.3, -0.25) is 4.90 Å². The van der Waals surface area contributed by atoms with E-state index < -0.39 is 0 Å². The minimum atomic E-state index is 0. The Bertz CT molecular complexity index is 230. The van der Waals surface area contributed by atoms with Gasteiger partial charge in [-0.05, 0) is 39.1 Å². The number of rotatable bonds is 20. The quantitative estimate of drug-likeness (QED) is 0.146. The van der Waals surface area contributed by atoms with Gasteiger partial charge >= 0.3 is 0 Å². The zero-order valence-corrected chi connectivity index (χ0v) is 20.2. The predicted octanol–water partition coefficient (Wildman–Crippen LogP) is 8.70. The summed E-state index contributed by atoms with van der Waals surface area (Å²) in [6, 6.07) is 0. The standard InChI is InChI=1S/C23H49NS.ClH/c1-5-7-9-11-13-15-17-19-21-24(23(3)25-4)22-20-18-16-14-12-10-8-6-2;/h23H,5-22H2,1-4H3;1H. The van der Waals surface area contributed by atoms with Gasteiger partial charge in [0.05, 0.1) is 5.37 Å². The summed E-state index contributed by atoms with van der Waals surface area (Å²) in [7, 11) is 0. The number of hydrogen-bond donors (Lipinski definition) is 0. The first kappa shape index (κ1) is 28.8. The Morgan fingerprint density at radius 3 is 1.19 bits per heavy atom. The molecule has 0 saturated heterocycles. The summed E-state index contributed by atoms with van der Waals surface area (Å²) in [6.07, 6.45) is 25.1. The first-order valence-corrected chi connectivity index (χ1v) is 12.8. The van der Waals surface area contributed by atoms with E-state index >= 15 is 0 Å². The maximum atomic E-state index is 2.73. The smallest absolute Gasteiger partial charge is 0.0525 e. The fourth-order valence-electron chi connectivity index (χ4n) is 3.52. The van der Waals surface area contributed by atoms with E-state index in [2.05, 4.69) is 31.9 Å². The Morgan fingerprint density at radius 1 is 0.577 bits per heavy atom. The average molecular weight is 408 g/mol. The fourth-order valence-corrected chi connectivity index (χ4v) is 4.03. The van der Waals surface area contributed by atoms with E-state index in [1.165, 1.54) is 116 Å². The third-order valence-corrected chi connectivity index (χ3v) is 6.43. The van der Waals surface area contributed by atoms with Crippen LogP contribution < -0.4 is 0 Å². The fraction of sp³-hybridized carbons (Fsp3) is 1.00. The SMILES string of the molecule is CCCCCCCCCCN(CCCCCCCCCC)C(C)SC.Cl. The van der Waals surface area contributed by atoms with E-state index in [1.54, 1.807) is 0 Å². The lowest BCUT2D eigenvalue weighted by Crippen LogP contribution is -2.32. The molecule has 0 bridgehead atoms. The minimum absolute atomic E-state index is 0. The third-order valence-electron chi connectivity index (χ3n) is 5.45. The van der Waals surface area contributed by atoms with Crippen LogP contribution in [0.4, 0.5) is 0 Å². The van der Waals surface area contributed by atoms with Crippen LogP contribution in [0.25, 0.3) is 0 Å². The number of halogens is 1. The predicted molar refractivity (Wildman–Crippen MR) is 127 cm³/mol. The molecule has 26 heavy (non-hydrogen) atoms. The Hall–Kier alpha value is 0.600. The van der Waals surface area contributed by atoms with Crippen molar-refractivity contribution in [2.75, 3.05) is 19.3 Å². The van der Waals surface area contributed by atoms with Crippen molar-refractivity contribution in [2.24, 2.45) is 0 Å². The van der Waals surface area contributed by atoms with E-state index in [9.17, 15) is 0 Å². The van der Waals surface area contributed by atoms with Crippen molar-refractivity contribution >= 4 is 24.2 Å². The molecule has 0 amide bonds. The van der Waals surface area contributed by atoms with E-state index in [0.29, 0.717) is 5.37 Å². The third kappa shape index (κ3) is 19.4. The lowest BCUT2D eigenvalue weighted by atomic mass is 10.1. The monoisotopic (exact) mass is 407 g/mol. The van der Waals surface area contributed by atoms with E-state index in [-0.39, 0.29) is 12.4 Å². The summed E-state index contributed by atoms with van der Waals surface area (Å²) in [5, 5.41) is 0.689. The molecule has 0 aliphatic rings. The van der Waals surface area contributed by atoms with Crippen LogP contribution in [-0.4, -0.2) is 29.6 Å². The maximum absolute atomic E-state index is 2.73. The molecule has 3 heteroatoms. The van der Waals surface area contributed by atoms with Crippen LogP contribution in [0.3, 0.4) is 0 Å². The molecule has 0 saturated carbocycles. The van der Waals surface area contributed by atoms with Crippen molar-refractivity contribution in [3.8, 4) is 0 Å². The molecule has 0 radical (unpaired) electrons. The van der Waals surface area contributed by atoms with Crippen LogP contribution in [0.15, 0.2) is 0 Å². The van der Waals surface area contributed by atoms with Crippen LogP contribution in [0.2, 0.25) is 0 Å². The van der Waals surface area contributed by atoms with Gasteiger partial charge in [0, 0.05) is 0 Å². The maximum Gasteiger partial charge on any atom is 0.0525 e. The number of unbranched alkanes of at least 4 members (excludes halogenated alkanes) is 14. The number of nitrogens with zero attached hydrogens (tertiary/aromatic N) is 1. The normalized spacial score (nSPS) is 12.3. The second-order valence-corrected chi connectivity index (χ2v) is 8.97. The molecule has 1 atom stereocenters. The van der Waals surface area contributed by atoms with Crippen molar-refractivity contribution in [1.29, 1.82) is 0 Å². The molecule has 160 valence electrons. The molecule has 0 N–H and O–H groups in total. The van der Waals surface area contributed by atoms with Crippen molar-refractivity contribution < 1.29 is 0 Å². The van der Waals surface area contributed by atoms with E-state index in [4.69, 9.17) is 0 Å². The van der Waals surface area contributed by atoms with Gasteiger partial charge in [-0.15, -0.1) is 24.2 Å². The summed E-state index contributed by atoms with van der Waals surface area (Å²) in [5.74, 6) is 0. The Balaban J connectivity index is 0. The van der Waals surface area contributed by atoms with E-state index in [0.717, 1.165) is 0 Å². The largest absolute Gasteiger partial charge is 0.292 e. The highest BCUT2D eigenvalue weighted by atomic mass is 35.5. The highest BCUT2D eigenvalue weighted by molar-refractivity contribution is 7.99. The first-order chi connectivity index (χ1) is 12.3. The molecule has 0 aliphatic carbocycles. The van der Waals surface area contributed by atoms with Gasteiger partial charge in [0.2, 0.25) is 0 Å². The summed E-state index contributed by atoms with van der Waals surface area (Å²) in [4.78, 5) is 2.73. The van der Waals surface area contributed by atoms with Crippen LogP contribution >= 0.6 is 24.2 Å². The number of thioether (sulfide) groups is 1. The molecular formula is C23H50ClNS. The van der Waals surface area contributed by atoms with Gasteiger partial charge < -0.3 is 0 Å². The number of hydrogen-bond acceptors (Lipinski definition) is 2. The summed E-state index contributed by atoms with van der Waals surface area (Å²) in [6.45, 7) is 9.61. The Morgan fingerprint density at radius 2 is 0.885 bits per heavy atom. The molecule has 1 unspecified atom stereocenters. The van der Waals surface area contributed by atoms with Gasteiger partial charge in [-0.1, -0.05) is 104 Å². The molecule has 0 aromatic rings. The van der Waals surface area contributed by atoms with Crippen LogP contribution in [0.5, 0.6) is 0 Å².